The number of nitrogens with zero attached hydrogens (tertiary/aromatic N) is 1. The second-order valence-corrected chi connectivity index (χ2v) is 7.81. The maximum absolute atomic E-state index is 11.8. The van der Waals surface area contributed by atoms with Crippen LogP contribution in [0, 0.1) is 0 Å². The van der Waals surface area contributed by atoms with Crippen molar-refractivity contribution in [3.05, 3.63) is 0 Å². The number of nitrogens with two attached hydrogens (primary N) is 1. The lowest BCUT2D eigenvalue weighted by Gasteiger charge is -2.48. The normalized spacial score (nSPS) is 41.1. The fraction of sp³-hybridized carbons (Fsp3) is 1.00. The monoisotopic (exact) mass is 276 g/mol. The van der Waals surface area contributed by atoms with E-state index in [9.17, 15) is 8.42 Å². The van der Waals surface area contributed by atoms with Crippen LogP contribution in [0.5, 0.6) is 0 Å². The molecule has 106 valence electrons. The lowest BCUT2D eigenvalue weighted by atomic mass is 9.92. The molecule has 5 nitrogen and oxygen atoms in total. The molecule has 0 aromatic carbocycles. The molecular formula is C12H24N2O3S. The molecular weight excluding hydrogens is 252 g/mol. The van der Waals surface area contributed by atoms with E-state index in [0.717, 1.165) is 13.0 Å². The topological polar surface area (TPSA) is 72.6 Å². The van der Waals surface area contributed by atoms with Crippen LogP contribution in [0.2, 0.25) is 0 Å². The molecule has 18 heavy (non-hydrogen) atoms. The zero-order valence-electron chi connectivity index (χ0n) is 11.3. The van der Waals surface area contributed by atoms with Crippen LogP contribution in [0.15, 0.2) is 0 Å². The van der Waals surface area contributed by atoms with Crippen molar-refractivity contribution < 1.29 is 13.2 Å². The van der Waals surface area contributed by atoms with Gasteiger partial charge in [-0.15, -0.1) is 0 Å². The summed E-state index contributed by atoms with van der Waals surface area (Å²) in [4.78, 5) is 2.31. The first-order valence-electron chi connectivity index (χ1n) is 6.71. The van der Waals surface area contributed by atoms with Crippen molar-refractivity contribution >= 4 is 9.84 Å². The molecule has 2 fully saturated rings. The molecule has 0 aromatic heterocycles. The van der Waals surface area contributed by atoms with Gasteiger partial charge < -0.3 is 10.5 Å². The van der Waals surface area contributed by atoms with Crippen molar-refractivity contribution in [1.82, 2.24) is 4.90 Å². The highest BCUT2D eigenvalue weighted by atomic mass is 32.2. The van der Waals surface area contributed by atoms with Gasteiger partial charge in [0, 0.05) is 24.7 Å². The van der Waals surface area contributed by atoms with Crippen molar-refractivity contribution in [2.75, 3.05) is 31.2 Å². The predicted octanol–water partition coefficient (Wildman–Crippen LogP) is 0.00170. The molecule has 3 unspecified atom stereocenters. The molecule has 0 spiro atoms. The van der Waals surface area contributed by atoms with Crippen molar-refractivity contribution in [2.45, 2.75) is 44.4 Å². The molecule has 0 aliphatic carbocycles. The van der Waals surface area contributed by atoms with E-state index in [1.807, 2.05) is 6.92 Å². The van der Waals surface area contributed by atoms with E-state index in [-0.39, 0.29) is 29.2 Å². The smallest absolute Gasteiger partial charge is 0.152 e. The van der Waals surface area contributed by atoms with E-state index in [2.05, 4.69) is 11.8 Å². The van der Waals surface area contributed by atoms with Crippen molar-refractivity contribution in [3.8, 4) is 0 Å². The third-order valence-corrected chi connectivity index (χ3v) is 6.10. The highest BCUT2D eigenvalue weighted by Crippen LogP contribution is 2.33. The van der Waals surface area contributed by atoms with Gasteiger partial charge in [0.1, 0.15) is 0 Å². The Kier molecular flexibility index (Phi) is 4.02. The molecule has 6 heteroatoms. The molecule has 0 amide bonds. The van der Waals surface area contributed by atoms with E-state index in [1.54, 1.807) is 0 Å². The van der Waals surface area contributed by atoms with E-state index in [4.69, 9.17) is 10.5 Å². The maximum Gasteiger partial charge on any atom is 0.152 e. The molecule has 2 rings (SSSR count). The number of ether oxygens (including phenoxy) is 1. The van der Waals surface area contributed by atoms with Gasteiger partial charge in [-0.2, -0.15) is 0 Å². The first-order chi connectivity index (χ1) is 8.42. The van der Waals surface area contributed by atoms with Gasteiger partial charge in [-0.1, -0.05) is 6.92 Å². The Hall–Kier alpha value is -0.170. The fourth-order valence-corrected chi connectivity index (χ4v) is 5.25. The molecule has 0 radical (unpaired) electrons. The fourth-order valence-electron chi connectivity index (χ4n) is 3.17. The number of hydrogen-bond donors (Lipinski definition) is 1. The van der Waals surface area contributed by atoms with Gasteiger partial charge >= 0.3 is 0 Å². The Bertz CT molecular complexity index is 398. The summed E-state index contributed by atoms with van der Waals surface area (Å²) in [5.74, 6) is 0.478. The minimum Gasteiger partial charge on any atom is -0.376 e. The van der Waals surface area contributed by atoms with Gasteiger partial charge in [0.25, 0.3) is 0 Å². The lowest BCUT2D eigenvalue weighted by molar-refractivity contribution is -0.0927. The zero-order valence-corrected chi connectivity index (χ0v) is 12.1. The number of rotatable bonds is 3. The standard InChI is InChI=1S/C12H24N2O3S/c1-3-11-7-17-10(2)6-14(11)12(8-13)4-5-18(15,16)9-12/h10-11H,3-9,13H2,1-2H3. The average Bonchev–Trinajstić information content (AvgIpc) is 2.66. The Labute approximate surface area is 110 Å². The molecule has 2 saturated heterocycles. The van der Waals surface area contributed by atoms with Crippen LogP contribution in [-0.2, 0) is 14.6 Å². The highest BCUT2D eigenvalue weighted by molar-refractivity contribution is 7.91. The van der Waals surface area contributed by atoms with E-state index in [0.29, 0.717) is 19.6 Å². The predicted molar refractivity (Wildman–Crippen MR) is 71.3 cm³/mol. The van der Waals surface area contributed by atoms with E-state index >= 15 is 0 Å². The van der Waals surface area contributed by atoms with Crippen LogP contribution in [0.4, 0.5) is 0 Å². The molecule has 0 saturated carbocycles. The van der Waals surface area contributed by atoms with Gasteiger partial charge in [0.2, 0.25) is 0 Å². The summed E-state index contributed by atoms with van der Waals surface area (Å²) in [5, 5.41) is 0. The minimum atomic E-state index is -2.93. The van der Waals surface area contributed by atoms with Crippen LogP contribution in [0.25, 0.3) is 0 Å². The van der Waals surface area contributed by atoms with Crippen molar-refractivity contribution in [2.24, 2.45) is 5.73 Å². The number of hydrogen-bond acceptors (Lipinski definition) is 5. The SMILES string of the molecule is CCC1COC(C)CN1C1(CN)CCS(=O)(=O)C1. The highest BCUT2D eigenvalue weighted by Gasteiger charge is 2.48. The molecule has 0 aromatic rings. The Morgan fingerprint density at radius 2 is 2.22 bits per heavy atom. The van der Waals surface area contributed by atoms with E-state index in [1.165, 1.54) is 0 Å². The summed E-state index contributed by atoms with van der Waals surface area (Å²) in [5.41, 5.74) is 5.57. The van der Waals surface area contributed by atoms with Crippen LogP contribution >= 0.6 is 0 Å². The molecule has 0 bridgehead atoms. The first-order valence-corrected chi connectivity index (χ1v) is 8.53. The van der Waals surface area contributed by atoms with Crippen LogP contribution in [0.1, 0.15) is 26.7 Å². The van der Waals surface area contributed by atoms with Crippen molar-refractivity contribution in [3.63, 3.8) is 0 Å². The van der Waals surface area contributed by atoms with Crippen molar-refractivity contribution in [1.29, 1.82) is 0 Å². The van der Waals surface area contributed by atoms with Gasteiger partial charge in [0.05, 0.1) is 24.2 Å². The average molecular weight is 276 g/mol. The van der Waals surface area contributed by atoms with Crippen LogP contribution in [-0.4, -0.2) is 62.2 Å². The van der Waals surface area contributed by atoms with Gasteiger partial charge in [-0.25, -0.2) is 8.42 Å². The molecule has 2 N–H and O–H groups in total. The minimum absolute atomic E-state index is 0.152. The summed E-state index contributed by atoms with van der Waals surface area (Å²) < 4.78 is 29.3. The molecule has 2 aliphatic heterocycles. The summed E-state index contributed by atoms with van der Waals surface area (Å²) in [7, 11) is -2.93. The Balaban J connectivity index is 2.25. The second-order valence-electron chi connectivity index (χ2n) is 5.63. The third kappa shape index (κ3) is 2.57. The summed E-state index contributed by atoms with van der Waals surface area (Å²) in [6, 6.07) is 0.290. The quantitative estimate of drug-likeness (QED) is 0.785. The van der Waals surface area contributed by atoms with Crippen LogP contribution in [0.3, 0.4) is 0 Å². The van der Waals surface area contributed by atoms with Crippen LogP contribution < -0.4 is 5.73 Å². The first kappa shape index (κ1) is 14.2. The molecule has 3 atom stereocenters. The van der Waals surface area contributed by atoms with Gasteiger partial charge in [-0.3, -0.25) is 4.90 Å². The summed E-state index contributed by atoms with van der Waals surface area (Å²) >= 11 is 0. The number of sulfone groups is 1. The summed E-state index contributed by atoms with van der Waals surface area (Å²) in [6.45, 7) is 6.03. The molecule has 2 heterocycles. The van der Waals surface area contributed by atoms with E-state index < -0.39 is 9.84 Å². The maximum atomic E-state index is 11.8. The second kappa shape index (κ2) is 5.07. The third-order valence-electron chi connectivity index (χ3n) is 4.30. The number of morpholine rings is 1. The summed E-state index contributed by atoms with van der Waals surface area (Å²) in [6.07, 6.45) is 1.78. The van der Waals surface area contributed by atoms with Gasteiger partial charge in [-0.05, 0) is 19.8 Å². The largest absolute Gasteiger partial charge is 0.376 e. The van der Waals surface area contributed by atoms with Gasteiger partial charge in [0.15, 0.2) is 9.84 Å². The molecule has 2 aliphatic rings. The Morgan fingerprint density at radius 1 is 1.50 bits per heavy atom. The Morgan fingerprint density at radius 3 is 2.72 bits per heavy atom. The zero-order chi connectivity index (χ0) is 13.4. The lowest BCUT2D eigenvalue weighted by Crippen LogP contribution is -2.63.